The van der Waals surface area contributed by atoms with E-state index in [0.29, 0.717) is 0 Å². The third-order valence-corrected chi connectivity index (χ3v) is 4.77. The number of rotatable bonds is 5. The molecule has 0 aromatic heterocycles. The first kappa shape index (κ1) is 16.1. The van der Waals surface area contributed by atoms with Gasteiger partial charge in [-0.15, -0.1) is 0 Å². The second kappa shape index (κ2) is 7.65. The lowest BCUT2D eigenvalue weighted by atomic mass is 9.96. The highest BCUT2D eigenvalue weighted by molar-refractivity contribution is 5.48. The van der Waals surface area contributed by atoms with E-state index in [1.165, 1.54) is 48.3 Å². The molecule has 23 heavy (non-hydrogen) atoms. The van der Waals surface area contributed by atoms with E-state index < -0.39 is 0 Å². The first-order valence-electron chi connectivity index (χ1n) is 8.77. The maximum absolute atomic E-state index is 3.64. The largest absolute Gasteiger partial charge is 0.385 e. The molecule has 2 heteroatoms. The zero-order valence-electron chi connectivity index (χ0n) is 14.4. The molecule has 122 valence electrons. The van der Waals surface area contributed by atoms with E-state index in [9.17, 15) is 0 Å². The maximum Gasteiger partial charge on any atom is 0.0345 e. The van der Waals surface area contributed by atoms with Crippen LogP contribution in [0.15, 0.2) is 48.5 Å². The number of nitrogens with one attached hydrogen (secondary N) is 1. The van der Waals surface area contributed by atoms with Crippen LogP contribution >= 0.6 is 0 Å². The van der Waals surface area contributed by atoms with Gasteiger partial charge in [0, 0.05) is 18.8 Å². The van der Waals surface area contributed by atoms with Crippen LogP contribution in [0.25, 0.3) is 0 Å². The normalized spacial score (nSPS) is 16.4. The zero-order chi connectivity index (χ0) is 16.1. The molecule has 2 aromatic carbocycles. The summed E-state index contributed by atoms with van der Waals surface area (Å²) >= 11 is 0. The minimum atomic E-state index is 0.794. The number of piperidine rings is 1. The molecule has 0 aliphatic carbocycles. The molecule has 2 nitrogen and oxygen atoms in total. The lowest BCUT2D eigenvalue weighted by Crippen LogP contribution is -2.35. The smallest absolute Gasteiger partial charge is 0.0345 e. The van der Waals surface area contributed by atoms with E-state index in [1.807, 2.05) is 0 Å². The molecule has 0 atom stereocenters. The average molecular weight is 308 g/mol. The van der Waals surface area contributed by atoms with Gasteiger partial charge in [0.1, 0.15) is 0 Å². The summed E-state index contributed by atoms with van der Waals surface area (Å²) in [6.45, 7) is 8.96. The van der Waals surface area contributed by atoms with Crippen molar-refractivity contribution in [2.75, 3.05) is 25.0 Å². The van der Waals surface area contributed by atoms with Crippen molar-refractivity contribution in [3.05, 3.63) is 65.2 Å². The van der Waals surface area contributed by atoms with Gasteiger partial charge in [-0.2, -0.15) is 0 Å². The molecule has 1 aliphatic heterocycles. The van der Waals surface area contributed by atoms with Gasteiger partial charge >= 0.3 is 0 Å². The Kier molecular flexibility index (Phi) is 5.35. The topological polar surface area (TPSA) is 15.3 Å². The van der Waals surface area contributed by atoms with Crippen LogP contribution in [0.4, 0.5) is 5.69 Å². The summed E-state index contributed by atoms with van der Waals surface area (Å²) in [6.07, 6.45) is 2.59. The number of hydrogen-bond acceptors (Lipinski definition) is 2. The summed E-state index contributed by atoms with van der Waals surface area (Å²) in [6, 6.07) is 17.5. The molecule has 0 unspecified atom stereocenters. The highest BCUT2D eigenvalue weighted by Crippen LogP contribution is 2.21. The molecule has 0 saturated carbocycles. The molecule has 1 heterocycles. The van der Waals surface area contributed by atoms with Gasteiger partial charge < -0.3 is 5.32 Å². The number of anilines is 1. The van der Waals surface area contributed by atoms with Crippen molar-refractivity contribution in [1.29, 1.82) is 0 Å². The Labute approximate surface area is 140 Å². The quantitative estimate of drug-likeness (QED) is 0.866. The minimum absolute atomic E-state index is 0.794. The van der Waals surface area contributed by atoms with Gasteiger partial charge in [-0.25, -0.2) is 0 Å². The van der Waals surface area contributed by atoms with Crippen LogP contribution in [0.3, 0.4) is 0 Å². The first-order valence-corrected chi connectivity index (χ1v) is 8.77. The van der Waals surface area contributed by atoms with E-state index in [0.717, 1.165) is 19.0 Å². The van der Waals surface area contributed by atoms with Gasteiger partial charge in [-0.3, -0.25) is 4.90 Å². The fourth-order valence-corrected chi connectivity index (χ4v) is 3.53. The van der Waals surface area contributed by atoms with Crippen LogP contribution in [-0.2, 0) is 6.54 Å². The minimum Gasteiger partial charge on any atom is -0.385 e. The molecule has 0 radical (unpaired) electrons. The van der Waals surface area contributed by atoms with E-state index in [2.05, 4.69) is 72.6 Å². The van der Waals surface area contributed by atoms with Gasteiger partial charge in [0.05, 0.1) is 0 Å². The van der Waals surface area contributed by atoms with Crippen molar-refractivity contribution in [3.8, 4) is 0 Å². The monoisotopic (exact) mass is 308 g/mol. The molecule has 2 aromatic rings. The molecule has 3 rings (SSSR count). The van der Waals surface area contributed by atoms with Crippen molar-refractivity contribution in [2.24, 2.45) is 5.92 Å². The van der Waals surface area contributed by atoms with Crippen LogP contribution in [0.1, 0.15) is 29.5 Å². The van der Waals surface area contributed by atoms with Crippen molar-refractivity contribution in [1.82, 2.24) is 4.90 Å². The van der Waals surface area contributed by atoms with Gasteiger partial charge in [0.2, 0.25) is 0 Å². The fraction of sp³-hybridized carbons (Fsp3) is 0.429. The zero-order valence-corrected chi connectivity index (χ0v) is 14.4. The summed E-state index contributed by atoms with van der Waals surface area (Å²) < 4.78 is 0. The Morgan fingerprint density at radius 1 is 0.957 bits per heavy atom. The highest BCUT2D eigenvalue weighted by atomic mass is 15.1. The molecule has 1 saturated heterocycles. The van der Waals surface area contributed by atoms with Gasteiger partial charge in [-0.05, 0) is 74.5 Å². The van der Waals surface area contributed by atoms with Crippen LogP contribution in [0.2, 0.25) is 0 Å². The molecular formula is C21H28N2. The van der Waals surface area contributed by atoms with Crippen molar-refractivity contribution in [3.63, 3.8) is 0 Å². The highest BCUT2D eigenvalue weighted by Gasteiger charge is 2.19. The third-order valence-electron chi connectivity index (χ3n) is 4.77. The Hall–Kier alpha value is -1.80. The van der Waals surface area contributed by atoms with E-state index in [1.54, 1.807) is 0 Å². The SMILES string of the molecule is Cc1cc(C)cc(NCC2CCN(Cc3ccccc3)CC2)c1. The lowest BCUT2D eigenvalue weighted by molar-refractivity contribution is 0.182. The molecule has 0 amide bonds. The summed E-state index contributed by atoms with van der Waals surface area (Å²) in [5, 5.41) is 3.64. The number of aryl methyl sites for hydroxylation is 2. The van der Waals surface area contributed by atoms with E-state index in [4.69, 9.17) is 0 Å². The predicted molar refractivity (Wildman–Crippen MR) is 98.8 cm³/mol. The third kappa shape index (κ3) is 4.84. The molecule has 1 N–H and O–H groups in total. The summed E-state index contributed by atoms with van der Waals surface area (Å²) in [5.74, 6) is 0.794. The van der Waals surface area contributed by atoms with Crippen molar-refractivity contribution < 1.29 is 0 Å². The number of benzene rings is 2. The molecule has 1 fully saturated rings. The van der Waals surface area contributed by atoms with E-state index in [-0.39, 0.29) is 0 Å². The lowest BCUT2D eigenvalue weighted by Gasteiger charge is -2.32. The van der Waals surface area contributed by atoms with Gasteiger partial charge in [0.25, 0.3) is 0 Å². The summed E-state index contributed by atoms with van der Waals surface area (Å²) in [7, 11) is 0. The Morgan fingerprint density at radius 2 is 1.61 bits per heavy atom. The number of hydrogen-bond donors (Lipinski definition) is 1. The Balaban J connectivity index is 1.44. The van der Waals surface area contributed by atoms with Gasteiger partial charge in [0.15, 0.2) is 0 Å². The maximum atomic E-state index is 3.64. The van der Waals surface area contributed by atoms with Gasteiger partial charge in [-0.1, -0.05) is 36.4 Å². The van der Waals surface area contributed by atoms with Crippen LogP contribution in [-0.4, -0.2) is 24.5 Å². The second-order valence-electron chi connectivity index (χ2n) is 6.96. The average Bonchev–Trinajstić information content (AvgIpc) is 2.54. The summed E-state index contributed by atoms with van der Waals surface area (Å²) in [4.78, 5) is 2.59. The standard InChI is InChI=1S/C21H28N2/c1-17-12-18(2)14-21(13-17)22-15-19-8-10-23(11-9-19)16-20-6-4-3-5-7-20/h3-7,12-14,19,22H,8-11,15-16H2,1-2H3. The Morgan fingerprint density at radius 3 is 2.26 bits per heavy atom. The summed E-state index contributed by atoms with van der Waals surface area (Å²) in [5.41, 5.74) is 5.38. The first-order chi connectivity index (χ1) is 11.2. The fourth-order valence-electron chi connectivity index (χ4n) is 3.53. The number of nitrogens with zero attached hydrogens (tertiary/aromatic N) is 1. The second-order valence-corrected chi connectivity index (χ2v) is 6.96. The molecular weight excluding hydrogens is 280 g/mol. The van der Waals surface area contributed by atoms with Crippen molar-refractivity contribution >= 4 is 5.69 Å². The Bertz CT molecular complexity index is 593. The van der Waals surface area contributed by atoms with Crippen LogP contribution in [0.5, 0.6) is 0 Å². The van der Waals surface area contributed by atoms with Crippen molar-refractivity contribution in [2.45, 2.75) is 33.2 Å². The predicted octanol–water partition coefficient (Wildman–Crippen LogP) is 4.63. The number of likely N-dealkylation sites (tertiary alicyclic amines) is 1. The van der Waals surface area contributed by atoms with E-state index >= 15 is 0 Å². The van der Waals surface area contributed by atoms with Crippen LogP contribution in [0, 0.1) is 19.8 Å². The molecule has 0 bridgehead atoms. The molecule has 0 spiro atoms. The molecule has 1 aliphatic rings. The van der Waals surface area contributed by atoms with Crippen LogP contribution < -0.4 is 5.32 Å².